The Kier molecular flexibility index (Phi) is 6.90. The molecule has 0 aliphatic rings. The smallest absolute Gasteiger partial charge is 0.332 e. The van der Waals surface area contributed by atoms with Crippen LogP contribution in [0.25, 0.3) is 0 Å². The molecule has 0 aliphatic carbocycles. The number of thiocarbonyl (C=S) groups is 1. The maximum absolute atomic E-state index is 12.7. The van der Waals surface area contributed by atoms with Crippen LogP contribution in [0.4, 0.5) is 18.9 Å². The molecule has 0 atom stereocenters. The molecular formula is C18H16Cl2F3N3OS. The van der Waals surface area contributed by atoms with Gasteiger partial charge in [-0.05, 0) is 54.4 Å². The van der Waals surface area contributed by atoms with Crippen molar-refractivity contribution in [3.05, 3.63) is 56.8 Å². The molecular weight excluding hydrogens is 434 g/mol. The van der Waals surface area contributed by atoms with Gasteiger partial charge in [-0.25, -0.2) is 4.98 Å². The molecule has 0 saturated heterocycles. The third kappa shape index (κ3) is 5.33. The van der Waals surface area contributed by atoms with E-state index >= 15 is 0 Å². The highest BCUT2D eigenvalue weighted by atomic mass is 35.5. The zero-order valence-electron chi connectivity index (χ0n) is 15.0. The van der Waals surface area contributed by atoms with E-state index in [9.17, 15) is 18.0 Å². The van der Waals surface area contributed by atoms with Gasteiger partial charge < -0.3 is 5.32 Å². The number of hydrogen-bond donors (Lipinski definition) is 2. The van der Waals surface area contributed by atoms with Gasteiger partial charge in [0.2, 0.25) is 0 Å². The molecule has 28 heavy (non-hydrogen) atoms. The number of amides is 1. The predicted molar refractivity (Wildman–Crippen MR) is 108 cm³/mol. The van der Waals surface area contributed by atoms with Crippen LogP contribution in [0.5, 0.6) is 0 Å². The summed E-state index contributed by atoms with van der Waals surface area (Å²) in [6.07, 6.45) is -4.07. The van der Waals surface area contributed by atoms with Gasteiger partial charge in [0.25, 0.3) is 5.91 Å². The van der Waals surface area contributed by atoms with Crippen LogP contribution in [0.15, 0.2) is 24.4 Å². The number of benzene rings is 1. The van der Waals surface area contributed by atoms with Gasteiger partial charge in [0.05, 0.1) is 10.6 Å². The third-order valence-electron chi connectivity index (χ3n) is 3.80. The van der Waals surface area contributed by atoms with E-state index in [0.717, 1.165) is 11.1 Å². The van der Waals surface area contributed by atoms with Crippen LogP contribution in [-0.2, 0) is 6.18 Å². The molecule has 0 spiro atoms. The summed E-state index contributed by atoms with van der Waals surface area (Å²) in [7, 11) is 0. The van der Waals surface area contributed by atoms with E-state index in [4.69, 9.17) is 35.4 Å². The highest BCUT2D eigenvalue weighted by Gasteiger charge is 2.32. The molecule has 1 heterocycles. The zero-order chi connectivity index (χ0) is 21.2. The van der Waals surface area contributed by atoms with Gasteiger partial charge in [0.1, 0.15) is 5.69 Å². The quantitative estimate of drug-likeness (QED) is 0.567. The number of nitrogens with zero attached hydrogens (tertiary/aromatic N) is 1. The van der Waals surface area contributed by atoms with Crippen LogP contribution < -0.4 is 10.6 Å². The Hall–Kier alpha value is -1.90. The molecule has 2 aromatic rings. The molecule has 0 fully saturated rings. The van der Waals surface area contributed by atoms with Crippen molar-refractivity contribution in [1.82, 2.24) is 10.3 Å². The minimum absolute atomic E-state index is 0.0462. The van der Waals surface area contributed by atoms with Crippen molar-refractivity contribution < 1.29 is 18.0 Å². The number of aryl methyl sites for hydroxylation is 1. The van der Waals surface area contributed by atoms with Crippen molar-refractivity contribution in [3.8, 4) is 0 Å². The van der Waals surface area contributed by atoms with Gasteiger partial charge >= 0.3 is 6.18 Å². The Morgan fingerprint density at radius 2 is 1.86 bits per heavy atom. The van der Waals surface area contributed by atoms with Crippen molar-refractivity contribution in [2.75, 3.05) is 5.32 Å². The monoisotopic (exact) mass is 449 g/mol. The maximum Gasteiger partial charge on any atom is 0.417 e. The summed E-state index contributed by atoms with van der Waals surface area (Å²) >= 11 is 17.0. The standard InChI is InChI=1S/C18H16Cl2F3N3OS/c1-8(2)12-6-11(19)4-9(3)14(12)25-17(28)26-16(27)15-13(20)5-10(7-24-15)18(21,22)23/h4-8H,1-3H3,(H2,25,26,27,28). The summed E-state index contributed by atoms with van der Waals surface area (Å²) in [6, 6.07) is 4.18. The third-order valence-corrected chi connectivity index (χ3v) is 4.51. The fourth-order valence-corrected chi connectivity index (χ4v) is 3.19. The Morgan fingerprint density at radius 3 is 2.39 bits per heavy atom. The number of hydrogen-bond acceptors (Lipinski definition) is 3. The Morgan fingerprint density at radius 1 is 1.21 bits per heavy atom. The molecule has 0 unspecified atom stereocenters. The van der Waals surface area contributed by atoms with Gasteiger partial charge in [-0.3, -0.25) is 10.1 Å². The van der Waals surface area contributed by atoms with Crippen molar-refractivity contribution in [2.45, 2.75) is 32.9 Å². The number of nitrogens with one attached hydrogen (secondary N) is 2. The molecule has 0 aliphatic heterocycles. The predicted octanol–water partition coefficient (Wildman–Crippen LogP) is 5.97. The SMILES string of the molecule is Cc1cc(Cl)cc(C(C)C)c1NC(=S)NC(=O)c1ncc(C(F)(F)F)cc1Cl. The fraction of sp³-hybridized carbons (Fsp3) is 0.278. The minimum Gasteiger partial charge on any atom is -0.332 e. The maximum atomic E-state index is 12.7. The molecule has 2 N–H and O–H groups in total. The van der Waals surface area contributed by atoms with E-state index in [2.05, 4.69) is 15.6 Å². The summed E-state index contributed by atoms with van der Waals surface area (Å²) in [5.74, 6) is -0.696. The molecule has 2 rings (SSSR count). The largest absolute Gasteiger partial charge is 0.417 e. The summed E-state index contributed by atoms with van der Waals surface area (Å²) < 4.78 is 38.0. The number of carbonyl (C=O) groups is 1. The molecule has 0 saturated carbocycles. The van der Waals surface area contributed by atoms with E-state index in [-0.39, 0.29) is 16.7 Å². The zero-order valence-corrected chi connectivity index (χ0v) is 17.4. The molecule has 1 aromatic carbocycles. The van der Waals surface area contributed by atoms with Crippen molar-refractivity contribution in [1.29, 1.82) is 0 Å². The van der Waals surface area contributed by atoms with Crippen molar-refractivity contribution >= 4 is 52.1 Å². The van der Waals surface area contributed by atoms with Crippen LogP contribution in [0.3, 0.4) is 0 Å². The lowest BCUT2D eigenvalue weighted by molar-refractivity contribution is -0.137. The lowest BCUT2D eigenvalue weighted by Crippen LogP contribution is -2.35. The van der Waals surface area contributed by atoms with Gasteiger partial charge in [0, 0.05) is 16.9 Å². The van der Waals surface area contributed by atoms with Gasteiger partial charge in [-0.2, -0.15) is 13.2 Å². The number of pyridine rings is 1. The lowest BCUT2D eigenvalue weighted by atomic mass is 9.98. The number of rotatable bonds is 3. The minimum atomic E-state index is -4.61. The fourth-order valence-electron chi connectivity index (χ4n) is 2.46. The van der Waals surface area contributed by atoms with Gasteiger partial charge in [-0.1, -0.05) is 37.0 Å². The van der Waals surface area contributed by atoms with Gasteiger partial charge in [-0.15, -0.1) is 0 Å². The second kappa shape index (κ2) is 8.63. The first-order valence-corrected chi connectivity index (χ1v) is 9.21. The number of aromatic nitrogens is 1. The normalized spacial score (nSPS) is 11.5. The first kappa shape index (κ1) is 22.4. The van der Waals surface area contributed by atoms with E-state index in [1.165, 1.54) is 0 Å². The number of anilines is 1. The van der Waals surface area contributed by atoms with E-state index in [0.29, 0.717) is 23.0 Å². The average molecular weight is 450 g/mol. The molecule has 1 aromatic heterocycles. The molecule has 150 valence electrons. The highest BCUT2D eigenvalue weighted by molar-refractivity contribution is 7.80. The van der Waals surface area contributed by atoms with Crippen LogP contribution >= 0.6 is 35.4 Å². The van der Waals surface area contributed by atoms with E-state index < -0.39 is 22.7 Å². The average Bonchev–Trinajstić information content (AvgIpc) is 2.55. The Labute approximate surface area is 175 Å². The van der Waals surface area contributed by atoms with Crippen LogP contribution in [0, 0.1) is 6.92 Å². The topological polar surface area (TPSA) is 54.0 Å². The first-order chi connectivity index (χ1) is 12.9. The first-order valence-electron chi connectivity index (χ1n) is 8.05. The summed E-state index contributed by atoms with van der Waals surface area (Å²) in [6.45, 7) is 5.78. The Balaban J connectivity index is 2.20. The van der Waals surface area contributed by atoms with Crippen LogP contribution in [0.1, 0.15) is 46.9 Å². The van der Waals surface area contributed by atoms with E-state index in [1.807, 2.05) is 20.8 Å². The summed E-state index contributed by atoms with van der Waals surface area (Å²) in [4.78, 5) is 15.8. The van der Waals surface area contributed by atoms with Crippen LogP contribution in [0.2, 0.25) is 10.0 Å². The summed E-state index contributed by atoms with van der Waals surface area (Å²) in [5.41, 5.74) is 0.991. The molecule has 1 amide bonds. The lowest BCUT2D eigenvalue weighted by Gasteiger charge is -2.19. The molecule has 4 nitrogen and oxygen atoms in total. The summed E-state index contributed by atoms with van der Waals surface area (Å²) in [5, 5.41) is 5.40. The number of alkyl halides is 3. The second-order valence-electron chi connectivity index (χ2n) is 6.30. The van der Waals surface area contributed by atoms with Crippen molar-refractivity contribution in [2.24, 2.45) is 0 Å². The molecule has 0 radical (unpaired) electrons. The van der Waals surface area contributed by atoms with Crippen molar-refractivity contribution in [3.63, 3.8) is 0 Å². The van der Waals surface area contributed by atoms with Gasteiger partial charge in [0.15, 0.2) is 5.11 Å². The van der Waals surface area contributed by atoms with Crippen LogP contribution in [-0.4, -0.2) is 16.0 Å². The molecule has 10 heteroatoms. The number of carbonyl (C=O) groups excluding carboxylic acids is 1. The highest BCUT2D eigenvalue weighted by Crippen LogP contribution is 2.32. The Bertz CT molecular complexity index is 933. The second-order valence-corrected chi connectivity index (χ2v) is 7.55. The number of halogens is 5. The van der Waals surface area contributed by atoms with E-state index in [1.54, 1.807) is 12.1 Å². The molecule has 0 bridgehead atoms.